The molecule has 1 aromatic heterocycles. The van der Waals surface area contributed by atoms with Crippen LogP contribution in [0.5, 0.6) is 0 Å². The number of aromatic carboxylic acids is 1. The fraction of sp³-hybridized carbons (Fsp3) is 0.0714. The van der Waals surface area contributed by atoms with Crippen molar-refractivity contribution in [2.24, 2.45) is 0 Å². The van der Waals surface area contributed by atoms with Crippen molar-refractivity contribution in [3.63, 3.8) is 0 Å². The maximum atomic E-state index is 11.4. The molecule has 1 N–H and O–H groups in total. The van der Waals surface area contributed by atoms with Gasteiger partial charge in [-0.15, -0.1) is 0 Å². The Kier molecular flexibility index (Phi) is 3.22. The monoisotopic (exact) mass is 394 g/mol. The highest BCUT2D eigenvalue weighted by molar-refractivity contribution is 9.11. The van der Waals surface area contributed by atoms with Crippen LogP contribution in [-0.4, -0.2) is 21.0 Å². The van der Waals surface area contributed by atoms with Crippen LogP contribution in [0, 0.1) is 6.92 Å². The Morgan fingerprint density at radius 2 is 1.60 bits per heavy atom. The van der Waals surface area contributed by atoms with Crippen LogP contribution in [0.3, 0.4) is 0 Å². The van der Waals surface area contributed by atoms with Crippen molar-refractivity contribution >= 4 is 59.9 Å². The van der Waals surface area contributed by atoms with Crippen molar-refractivity contribution in [2.75, 3.05) is 0 Å². The van der Waals surface area contributed by atoms with E-state index < -0.39 is 5.97 Å². The minimum atomic E-state index is -0.993. The molecule has 20 heavy (non-hydrogen) atoms. The normalized spacial score (nSPS) is 11.2. The molecule has 0 spiro atoms. The number of aryl methyl sites for hydroxylation is 1. The highest BCUT2D eigenvalue weighted by Gasteiger charge is 2.16. The summed E-state index contributed by atoms with van der Waals surface area (Å²) in [6, 6.07) is 7.26. The average molecular weight is 396 g/mol. The van der Waals surface area contributed by atoms with Gasteiger partial charge in [-0.2, -0.15) is 0 Å². The van der Waals surface area contributed by atoms with Crippen molar-refractivity contribution in [1.82, 2.24) is 9.97 Å². The van der Waals surface area contributed by atoms with Crippen LogP contribution in [0.4, 0.5) is 0 Å². The second kappa shape index (κ2) is 4.79. The number of hydrogen-bond donors (Lipinski definition) is 1. The standard InChI is InChI=1S/C14H8Br2N2O2/c1-6-2-5-9-13(10(6)14(19)20)18-12-8(16)4-3-7(15)11(12)17-9/h2-5H,1H3,(H,19,20). The molecule has 0 saturated heterocycles. The Morgan fingerprint density at radius 3 is 2.20 bits per heavy atom. The van der Waals surface area contributed by atoms with Crippen molar-refractivity contribution in [3.05, 3.63) is 44.3 Å². The van der Waals surface area contributed by atoms with E-state index in [4.69, 9.17) is 0 Å². The molecule has 0 aliphatic heterocycles. The smallest absolute Gasteiger partial charge is 0.338 e. The topological polar surface area (TPSA) is 63.1 Å². The first-order valence-electron chi connectivity index (χ1n) is 5.77. The van der Waals surface area contributed by atoms with Gasteiger partial charge in [-0.05, 0) is 62.5 Å². The molecule has 0 aliphatic rings. The van der Waals surface area contributed by atoms with Gasteiger partial charge in [0.2, 0.25) is 0 Å². The number of carboxylic acids is 1. The molecule has 0 fully saturated rings. The first-order chi connectivity index (χ1) is 9.49. The summed E-state index contributed by atoms with van der Waals surface area (Å²) >= 11 is 6.87. The van der Waals surface area contributed by atoms with Gasteiger partial charge in [0.15, 0.2) is 0 Å². The van der Waals surface area contributed by atoms with Crippen molar-refractivity contribution < 1.29 is 9.90 Å². The van der Waals surface area contributed by atoms with Gasteiger partial charge in [0.1, 0.15) is 16.6 Å². The van der Waals surface area contributed by atoms with Crippen LogP contribution in [0.1, 0.15) is 15.9 Å². The Bertz CT molecular complexity index is 878. The summed E-state index contributed by atoms with van der Waals surface area (Å²) < 4.78 is 1.60. The number of aromatic nitrogens is 2. The van der Waals surface area contributed by atoms with Crippen LogP contribution in [-0.2, 0) is 0 Å². The molecule has 0 atom stereocenters. The highest BCUT2D eigenvalue weighted by atomic mass is 79.9. The van der Waals surface area contributed by atoms with E-state index in [0.29, 0.717) is 27.6 Å². The second-order valence-corrected chi connectivity index (χ2v) is 6.09. The van der Waals surface area contributed by atoms with Gasteiger partial charge in [-0.25, -0.2) is 14.8 Å². The third-order valence-electron chi connectivity index (χ3n) is 3.09. The second-order valence-electron chi connectivity index (χ2n) is 4.38. The first-order valence-corrected chi connectivity index (χ1v) is 7.36. The molecule has 0 saturated carbocycles. The summed E-state index contributed by atoms with van der Waals surface area (Å²) in [5.41, 5.74) is 3.18. The average Bonchev–Trinajstić information content (AvgIpc) is 2.41. The van der Waals surface area contributed by atoms with Crippen LogP contribution < -0.4 is 0 Å². The third kappa shape index (κ3) is 1.99. The Labute approximate surface area is 131 Å². The summed E-state index contributed by atoms with van der Waals surface area (Å²) in [6.07, 6.45) is 0. The SMILES string of the molecule is Cc1ccc2nc3c(Br)ccc(Br)c3nc2c1C(=O)O. The van der Waals surface area contributed by atoms with Crippen LogP contribution >= 0.6 is 31.9 Å². The third-order valence-corrected chi connectivity index (χ3v) is 4.37. The Hall–Kier alpha value is -1.53. The van der Waals surface area contributed by atoms with Crippen molar-refractivity contribution in [1.29, 1.82) is 0 Å². The molecule has 0 radical (unpaired) electrons. The zero-order chi connectivity index (χ0) is 14.4. The molecular formula is C14H8Br2N2O2. The predicted molar refractivity (Wildman–Crippen MR) is 84.1 cm³/mol. The highest BCUT2D eigenvalue weighted by Crippen LogP contribution is 2.30. The van der Waals surface area contributed by atoms with E-state index >= 15 is 0 Å². The van der Waals surface area contributed by atoms with Crippen LogP contribution in [0.25, 0.3) is 22.1 Å². The van der Waals surface area contributed by atoms with Gasteiger partial charge in [0.25, 0.3) is 0 Å². The lowest BCUT2D eigenvalue weighted by Crippen LogP contribution is -2.03. The Morgan fingerprint density at radius 1 is 1.00 bits per heavy atom. The minimum absolute atomic E-state index is 0.198. The molecule has 3 aromatic rings. The molecule has 0 aliphatic carbocycles. The summed E-state index contributed by atoms with van der Waals surface area (Å²) in [7, 11) is 0. The van der Waals surface area contributed by atoms with E-state index in [1.54, 1.807) is 19.1 Å². The molecular weight excluding hydrogens is 388 g/mol. The zero-order valence-electron chi connectivity index (χ0n) is 10.3. The predicted octanol–water partition coefficient (Wildman–Crippen LogP) is 4.31. The number of carboxylic acid groups (broad SMARTS) is 1. The quantitative estimate of drug-likeness (QED) is 0.623. The van der Waals surface area contributed by atoms with E-state index in [0.717, 1.165) is 8.95 Å². The van der Waals surface area contributed by atoms with E-state index in [1.165, 1.54) is 0 Å². The lowest BCUT2D eigenvalue weighted by Gasteiger charge is -2.08. The van der Waals surface area contributed by atoms with Gasteiger partial charge >= 0.3 is 5.97 Å². The molecule has 2 aromatic carbocycles. The van der Waals surface area contributed by atoms with Gasteiger partial charge in [-0.1, -0.05) is 6.07 Å². The molecule has 0 bridgehead atoms. The van der Waals surface area contributed by atoms with E-state index in [-0.39, 0.29) is 5.56 Å². The lowest BCUT2D eigenvalue weighted by molar-refractivity contribution is 0.0698. The number of rotatable bonds is 1. The molecule has 100 valence electrons. The largest absolute Gasteiger partial charge is 0.478 e. The van der Waals surface area contributed by atoms with Crippen LogP contribution in [0.15, 0.2) is 33.2 Å². The van der Waals surface area contributed by atoms with Crippen molar-refractivity contribution in [3.8, 4) is 0 Å². The lowest BCUT2D eigenvalue weighted by atomic mass is 10.1. The van der Waals surface area contributed by atoms with Crippen molar-refractivity contribution in [2.45, 2.75) is 6.92 Å². The van der Waals surface area contributed by atoms with E-state index in [2.05, 4.69) is 41.8 Å². The summed E-state index contributed by atoms with van der Waals surface area (Å²) in [4.78, 5) is 20.5. The van der Waals surface area contributed by atoms with Gasteiger partial charge in [0.05, 0.1) is 11.1 Å². The maximum Gasteiger partial charge on any atom is 0.338 e. The number of fused-ring (bicyclic) bond motifs is 2. The zero-order valence-corrected chi connectivity index (χ0v) is 13.5. The molecule has 6 heteroatoms. The molecule has 3 rings (SSSR count). The van der Waals surface area contributed by atoms with E-state index in [1.807, 2.05) is 12.1 Å². The fourth-order valence-electron chi connectivity index (χ4n) is 2.13. The molecule has 4 nitrogen and oxygen atoms in total. The van der Waals surface area contributed by atoms with Gasteiger partial charge in [-0.3, -0.25) is 0 Å². The summed E-state index contributed by atoms with van der Waals surface area (Å²) in [5.74, 6) is -0.993. The molecule has 1 heterocycles. The number of halogens is 2. The molecule has 0 amide bonds. The van der Waals surface area contributed by atoms with E-state index in [9.17, 15) is 9.90 Å². The van der Waals surface area contributed by atoms with Crippen LogP contribution in [0.2, 0.25) is 0 Å². The number of nitrogens with zero attached hydrogens (tertiary/aromatic N) is 2. The maximum absolute atomic E-state index is 11.4. The summed E-state index contributed by atoms with van der Waals surface area (Å²) in [6.45, 7) is 1.75. The Balaban J connectivity index is 2.55. The number of benzene rings is 2. The number of carbonyl (C=O) groups is 1. The first kappa shape index (κ1) is 13.5. The number of hydrogen-bond acceptors (Lipinski definition) is 3. The van der Waals surface area contributed by atoms with Gasteiger partial charge < -0.3 is 5.11 Å². The molecule has 0 unspecified atom stereocenters. The summed E-state index contributed by atoms with van der Waals surface area (Å²) in [5, 5.41) is 9.37. The van der Waals surface area contributed by atoms with Gasteiger partial charge in [0, 0.05) is 8.95 Å². The minimum Gasteiger partial charge on any atom is -0.478 e. The fourth-order valence-corrected chi connectivity index (χ4v) is 2.95.